The molecule has 20 heavy (non-hydrogen) atoms. The molecule has 1 fully saturated rings. The molecule has 1 saturated heterocycles. The minimum Gasteiger partial charge on any atom is -0.489 e. The van der Waals surface area contributed by atoms with E-state index in [-0.39, 0.29) is 12.2 Å². The highest BCUT2D eigenvalue weighted by atomic mass is 35.5. The fourth-order valence-electron chi connectivity index (χ4n) is 2.15. The zero-order valence-corrected chi connectivity index (χ0v) is 12.0. The topological polar surface area (TPSA) is 55.8 Å². The van der Waals surface area contributed by atoms with Crippen LogP contribution in [0.4, 0.5) is 0 Å². The van der Waals surface area contributed by atoms with E-state index in [9.17, 15) is 4.79 Å². The number of halogens is 1. The highest BCUT2D eigenvalue weighted by Gasteiger charge is 2.22. The van der Waals surface area contributed by atoms with E-state index in [0.717, 1.165) is 18.9 Å². The molecule has 1 aliphatic rings. The quantitative estimate of drug-likeness (QED) is 0.846. The highest BCUT2D eigenvalue weighted by molar-refractivity contribution is 6.32. The number of carbonyl (C=O) groups is 1. The van der Waals surface area contributed by atoms with E-state index < -0.39 is 5.97 Å². The molecule has 5 heteroatoms. The van der Waals surface area contributed by atoms with E-state index in [0.29, 0.717) is 22.9 Å². The largest absolute Gasteiger partial charge is 0.489 e. The summed E-state index contributed by atoms with van der Waals surface area (Å²) in [7, 11) is 0. The second kappa shape index (κ2) is 6.77. The molecule has 0 amide bonds. The number of rotatable bonds is 5. The van der Waals surface area contributed by atoms with Gasteiger partial charge in [0, 0.05) is 11.6 Å². The molecule has 4 nitrogen and oxygen atoms in total. The number of ether oxygens (including phenoxy) is 2. The summed E-state index contributed by atoms with van der Waals surface area (Å²) < 4.78 is 11.4. The molecular formula is C15H17ClO4. The summed E-state index contributed by atoms with van der Waals surface area (Å²) in [5.41, 5.74) is 0.644. The molecule has 0 radical (unpaired) electrons. The van der Waals surface area contributed by atoms with Gasteiger partial charge in [0.05, 0.1) is 17.2 Å². The molecule has 0 bridgehead atoms. The zero-order chi connectivity index (χ0) is 14.5. The van der Waals surface area contributed by atoms with Crippen LogP contribution in [-0.4, -0.2) is 29.9 Å². The number of aliphatic carboxylic acids is 1. The smallest absolute Gasteiger partial charge is 0.328 e. The number of carboxylic acid groups (broad SMARTS) is 1. The van der Waals surface area contributed by atoms with Gasteiger partial charge in [-0.15, -0.1) is 0 Å². The molecule has 2 atom stereocenters. The minimum absolute atomic E-state index is 0.0672. The van der Waals surface area contributed by atoms with Gasteiger partial charge in [-0.05, 0) is 31.9 Å². The van der Waals surface area contributed by atoms with E-state index >= 15 is 0 Å². The summed E-state index contributed by atoms with van der Waals surface area (Å²) in [4.78, 5) is 10.6. The van der Waals surface area contributed by atoms with Gasteiger partial charge in [-0.25, -0.2) is 4.79 Å². The van der Waals surface area contributed by atoms with Gasteiger partial charge in [-0.3, -0.25) is 0 Å². The lowest BCUT2D eigenvalue weighted by atomic mass is 10.2. The number of carboxylic acids is 1. The van der Waals surface area contributed by atoms with Crippen molar-refractivity contribution in [2.24, 2.45) is 0 Å². The van der Waals surface area contributed by atoms with Crippen LogP contribution < -0.4 is 4.74 Å². The van der Waals surface area contributed by atoms with Crippen LogP contribution in [0.2, 0.25) is 5.02 Å². The van der Waals surface area contributed by atoms with Gasteiger partial charge >= 0.3 is 5.97 Å². The van der Waals surface area contributed by atoms with Crippen molar-refractivity contribution in [3.63, 3.8) is 0 Å². The third-order valence-corrected chi connectivity index (χ3v) is 3.43. The molecular weight excluding hydrogens is 280 g/mol. The summed E-state index contributed by atoms with van der Waals surface area (Å²) in [6.07, 6.45) is 4.86. The monoisotopic (exact) mass is 296 g/mol. The van der Waals surface area contributed by atoms with Crippen LogP contribution in [-0.2, 0) is 9.53 Å². The van der Waals surface area contributed by atoms with Crippen molar-refractivity contribution in [2.75, 3.05) is 6.61 Å². The lowest BCUT2D eigenvalue weighted by molar-refractivity contribution is -0.131. The normalized spacial score (nSPS) is 22.3. The molecule has 0 aromatic heterocycles. The first kappa shape index (κ1) is 14.9. The Morgan fingerprint density at radius 2 is 2.35 bits per heavy atom. The van der Waals surface area contributed by atoms with E-state index in [2.05, 4.69) is 0 Å². The fourth-order valence-corrected chi connectivity index (χ4v) is 2.39. The van der Waals surface area contributed by atoms with Crippen molar-refractivity contribution < 1.29 is 19.4 Å². The molecule has 1 heterocycles. The van der Waals surface area contributed by atoms with Crippen LogP contribution in [0.1, 0.15) is 25.3 Å². The van der Waals surface area contributed by atoms with Crippen molar-refractivity contribution in [3.05, 3.63) is 34.9 Å². The maximum Gasteiger partial charge on any atom is 0.328 e. The number of hydrogen-bond acceptors (Lipinski definition) is 3. The predicted molar refractivity (Wildman–Crippen MR) is 77.2 cm³/mol. The highest BCUT2D eigenvalue weighted by Crippen LogP contribution is 2.30. The van der Waals surface area contributed by atoms with Gasteiger partial charge in [-0.1, -0.05) is 23.7 Å². The molecule has 1 aromatic rings. The predicted octanol–water partition coefficient (Wildman–Crippen LogP) is 3.38. The molecule has 108 valence electrons. The lowest BCUT2D eigenvalue weighted by Gasteiger charge is -2.15. The molecule has 1 aromatic carbocycles. The van der Waals surface area contributed by atoms with Gasteiger partial charge in [0.15, 0.2) is 0 Å². The Bertz CT molecular complexity index is 513. The summed E-state index contributed by atoms with van der Waals surface area (Å²) in [5, 5.41) is 9.15. The van der Waals surface area contributed by atoms with Crippen LogP contribution in [0.3, 0.4) is 0 Å². The molecule has 0 spiro atoms. The minimum atomic E-state index is -1.01. The molecule has 2 rings (SSSR count). The second-order valence-electron chi connectivity index (χ2n) is 4.79. The number of benzene rings is 1. The molecule has 0 saturated carbocycles. The number of hydrogen-bond donors (Lipinski definition) is 1. The Morgan fingerprint density at radius 3 is 3.00 bits per heavy atom. The van der Waals surface area contributed by atoms with Crippen molar-refractivity contribution in [2.45, 2.75) is 32.0 Å². The van der Waals surface area contributed by atoms with Gasteiger partial charge < -0.3 is 14.6 Å². The molecule has 1 aliphatic heterocycles. The van der Waals surface area contributed by atoms with Crippen LogP contribution in [0.5, 0.6) is 5.75 Å². The first-order valence-corrected chi connectivity index (χ1v) is 6.92. The van der Waals surface area contributed by atoms with Crippen LogP contribution in [0, 0.1) is 0 Å². The SMILES string of the molecule is CC1CCC(COc2c(Cl)cccc2/C=C/C(=O)O)O1. The Balaban J connectivity index is 2.07. The third kappa shape index (κ3) is 3.99. The van der Waals surface area contributed by atoms with E-state index in [1.807, 2.05) is 6.92 Å². The van der Waals surface area contributed by atoms with Gasteiger partial charge in [-0.2, -0.15) is 0 Å². The van der Waals surface area contributed by atoms with Crippen LogP contribution >= 0.6 is 11.6 Å². The fraction of sp³-hybridized carbons (Fsp3) is 0.400. The van der Waals surface area contributed by atoms with Crippen LogP contribution in [0.15, 0.2) is 24.3 Å². The molecule has 1 N–H and O–H groups in total. The summed E-state index contributed by atoms with van der Waals surface area (Å²) in [6.45, 7) is 2.46. The van der Waals surface area contributed by atoms with E-state index in [4.69, 9.17) is 26.2 Å². The van der Waals surface area contributed by atoms with Crippen molar-refractivity contribution in [3.8, 4) is 5.75 Å². The Morgan fingerprint density at radius 1 is 1.55 bits per heavy atom. The van der Waals surface area contributed by atoms with Crippen LogP contribution in [0.25, 0.3) is 6.08 Å². The van der Waals surface area contributed by atoms with Crippen molar-refractivity contribution in [1.29, 1.82) is 0 Å². The Labute approximate surface area is 123 Å². The van der Waals surface area contributed by atoms with Gasteiger partial charge in [0.2, 0.25) is 0 Å². The first-order chi connectivity index (χ1) is 9.56. The van der Waals surface area contributed by atoms with Gasteiger partial charge in [0.25, 0.3) is 0 Å². The average molecular weight is 297 g/mol. The summed E-state index contributed by atoms with van der Waals surface area (Å²) >= 11 is 6.11. The average Bonchev–Trinajstić information content (AvgIpc) is 2.81. The van der Waals surface area contributed by atoms with Crippen molar-refractivity contribution in [1.82, 2.24) is 0 Å². The summed E-state index contributed by atoms with van der Waals surface area (Å²) in [6, 6.07) is 5.23. The summed E-state index contributed by atoms with van der Waals surface area (Å²) in [5.74, 6) is -0.515. The molecule has 0 aliphatic carbocycles. The maximum atomic E-state index is 10.6. The zero-order valence-electron chi connectivity index (χ0n) is 11.2. The number of para-hydroxylation sites is 1. The first-order valence-electron chi connectivity index (χ1n) is 6.54. The van der Waals surface area contributed by atoms with E-state index in [1.165, 1.54) is 6.08 Å². The second-order valence-corrected chi connectivity index (χ2v) is 5.19. The lowest BCUT2D eigenvalue weighted by Crippen LogP contribution is -2.18. The van der Waals surface area contributed by atoms with Crippen molar-refractivity contribution >= 4 is 23.6 Å². The standard InChI is InChI=1S/C15H17ClO4/c1-10-5-7-12(20-10)9-19-15-11(6-8-14(17)18)3-2-4-13(15)16/h2-4,6,8,10,12H,5,7,9H2,1H3,(H,17,18)/b8-6+. The van der Waals surface area contributed by atoms with E-state index in [1.54, 1.807) is 18.2 Å². The third-order valence-electron chi connectivity index (χ3n) is 3.14. The Kier molecular flexibility index (Phi) is 5.04. The molecule has 2 unspecified atom stereocenters. The maximum absolute atomic E-state index is 10.6. The van der Waals surface area contributed by atoms with Gasteiger partial charge in [0.1, 0.15) is 12.4 Å². The Hall–Kier alpha value is -1.52.